The Morgan fingerprint density at radius 1 is 1.11 bits per heavy atom. The Morgan fingerprint density at radius 2 is 1.77 bits per heavy atom. The summed E-state index contributed by atoms with van der Waals surface area (Å²) in [6.07, 6.45) is 1.40. The first-order valence-electron chi connectivity index (χ1n) is 11.5. The van der Waals surface area contributed by atoms with Crippen LogP contribution in [0.2, 0.25) is 0 Å². The molecule has 0 saturated carbocycles. The number of allylic oxidation sites excluding steroid dienone is 2. The smallest absolute Gasteiger partial charge is 0.342 e. The van der Waals surface area contributed by atoms with E-state index < -0.39 is 31.7 Å². The van der Waals surface area contributed by atoms with Crippen LogP contribution in [0, 0.1) is 10.8 Å². The fourth-order valence-corrected chi connectivity index (χ4v) is 6.28. The predicted molar refractivity (Wildman–Crippen MR) is 125 cm³/mol. The van der Waals surface area contributed by atoms with E-state index >= 15 is 0 Å². The molecule has 1 aromatic rings. The van der Waals surface area contributed by atoms with Crippen molar-refractivity contribution in [3.8, 4) is 0 Å². The minimum absolute atomic E-state index is 0.122. The van der Waals surface area contributed by atoms with E-state index in [0.717, 1.165) is 12.1 Å². The number of nitrogens with zero attached hydrogens (tertiary/aromatic N) is 2. The molecule has 10 heteroatoms. The third kappa shape index (κ3) is 4.23. The summed E-state index contributed by atoms with van der Waals surface area (Å²) in [6.45, 7) is 11.9. The Kier molecular flexibility index (Phi) is 5.67. The van der Waals surface area contributed by atoms with Crippen molar-refractivity contribution in [1.29, 1.82) is 0 Å². The van der Waals surface area contributed by atoms with Crippen molar-refractivity contribution in [3.63, 3.8) is 0 Å². The third-order valence-corrected chi connectivity index (χ3v) is 8.38. The molecular formula is C25H30F3N3O3S. The molecule has 0 radical (unpaired) electrons. The molecule has 6 nitrogen and oxygen atoms in total. The van der Waals surface area contributed by atoms with Gasteiger partial charge in [-0.3, -0.25) is 4.79 Å². The molecule has 190 valence electrons. The van der Waals surface area contributed by atoms with Gasteiger partial charge in [0.2, 0.25) is 0 Å². The molecule has 0 spiro atoms. The number of rotatable bonds is 3. The molecule has 0 aromatic heterocycles. The number of ketones is 1. The van der Waals surface area contributed by atoms with E-state index in [1.54, 1.807) is 13.0 Å². The van der Waals surface area contributed by atoms with Crippen LogP contribution in [0.25, 0.3) is 0 Å². The molecule has 1 unspecified atom stereocenters. The lowest BCUT2D eigenvalue weighted by atomic mass is 9.60. The first-order chi connectivity index (χ1) is 15.9. The van der Waals surface area contributed by atoms with Gasteiger partial charge in [0.15, 0.2) is 11.6 Å². The SMILES string of the molecule is CC(C)(C)CC1N=NC2=C1[C@](C)(c1cccc(S(=O)(=O)C(F)(F)F)c1)C1=C(CC(C)(C)CC1=O)N2. The van der Waals surface area contributed by atoms with Crippen LogP contribution < -0.4 is 5.32 Å². The summed E-state index contributed by atoms with van der Waals surface area (Å²) in [5.41, 5.74) is -5.02. The molecule has 0 amide bonds. The highest BCUT2D eigenvalue weighted by Crippen LogP contribution is 2.54. The molecule has 1 aliphatic carbocycles. The number of carbonyl (C=O) groups excluding carboxylic acids is 1. The molecule has 1 aromatic carbocycles. The van der Waals surface area contributed by atoms with Crippen molar-refractivity contribution in [2.75, 3.05) is 0 Å². The number of nitrogens with one attached hydrogen (secondary N) is 1. The van der Waals surface area contributed by atoms with Gasteiger partial charge in [-0.15, -0.1) is 5.11 Å². The van der Waals surface area contributed by atoms with Crippen LogP contribution in [-0.4, -0.2) is 25.8 Å². The van der Waals surface area contributed by atoms with Gasteiger partial charge < -0.3 is 5.32 Å². The molecule has 0 bridgehead atoms. The third-order valence-electron chi connectivity index (χ3n) is 6.90. The molecule has 0 saturated heterocycles. The summed E-state index contributed by atoms with van der Waals surface area (Å²) >= 11 is 0. The second-order valence-corrected chi connectivity index (χ2v) is 13.7. The fraction of sp³-hybridized carbons (Fsp3) is 0.560. The van der Waals surface area contributed by atoms with Crippen LogP contribution >= 0.6 is 0 Å². The molecular weight excluding hydrogens is 479 g/mol. The van der Waals surface area contributed by atoms with E-state index in [9.17, 15) is 26.4 Å². The summed E-state index contributed by atoms with van der Waals surface area (Å²) < 4.78 is 64.6. The minimum atomic E-state index is -5.57. The van der Waals surface area contributed by atoms with E-state index in [1.165, 1.54) is 6.07 Å². The number of alkyl halides is 3. The number of sulfone groups is 1. The number of hydrogen-bond donors (Lipinski definition) is 1. The highest BCUT2D eigenvalue weighted by atomic mass is 32.2. The number of dihydropyridines is 1. The van der Waals surface area contributed by atoms with Gasteiger partial charge in [0.1, 0.15) is 0 Å². The number of halogens is 3. The van der Waals surface area contributed by atoms with Crippen LogP contribution in [0.15, 0.2) is 62.1 Å². The van der Waals surface area contributed by atoms with Crippen molar-refractivity contribution in [3.05, 3.63) is 52.5 Å². The standard InChI is InChI=1S/C25H30F3N3O3S/c1-22(2,3)11-17-20-21(31-30-17)29-16-12-23(4,5)13-18(32)19(16)24(20,6)14-8-7-9-15(10-14)35(33,34)25(26,27)28/h7-10,17,29H,11-13H2,1-6H3/t17?,24-/m1/s1. The Balaban J connectivity index is 1.97. The predicted octanol–water partition coefficient (Wildman–Crippen LogP) is 5.97. The zero-order valence-corrected chi connectivity index (χ0v) is 21.5. The van der Waals surface area contributed by atoms with Gasteiger partial charge in [-0.25, -0.2) is 8.42 Å². The molecule has 1 N–H and O–H groups in total. The van der Waals surface area contributed by atoms with Gasteiger partial charge in [0.25, 0.3) is 9.84 Å². The molecule has 2 heterocycles. The van der Waals surface area contributed by atoms with E-state index in [4.69, 9.17) is 0 Å². The highest BCUT2D eigenvalue weighted by molar-refractivity contribution is 7.92. The monoisotopic (exact) mass is 509 g/mol. The van der Waals surface area contributed by atoms with Crippen LogP contribution in [0.5, 0.6) is 0 Å². The summed E-state index contributed by atoms with van der Waals surface area (Å²) in [7, 11) is -5.57. The van der Waals surface area contributed by atoms with E-state index in [1.807, 2.05) is 34.6 Å². The van der Waals surface area contributed by atoms with Crippen LogP contribution in [0.4, 0.5) is 13.2 Å². The van der Waals surface area contributed by atoms with Gasteiger partial charge in [-0.1, -0.05) is 46.8 Å². The first-order valence-corrected chi connectivity index (χ1v) is 13.0. The summed E-state index contributed by atoms with van der Waals surface area (Å²) in [6, 6.07) is 4.44. The number of hydrogen-bond acceptors (Lipinski definition) is 6. The number of carbonyl (C=O) groups is 1. The second-order valence-electron chi connectivity index (χ2n) is 11.8. The van der Waals surface area contributed by atoms with Crippen molar-refractivity contribution >= 4 is 15.6 Å². The first kappa shape index (κ1) is 25.6. The largest absolute Gasteiger partial charge is 0.501 e. The van der Waals surface area contributed by atoms with Crippen molar-refractivity contribution in [1.82, 2.24) is 5.32 Å². The van der Waals surface area contributed by atoms with E-state index in [-0.39, 0.29) is 23.0 Å². The van der Waals surface area contributed by atoms with Crippen molar-refractivity contribution < 1.29 is 26.4 Å². The zero-order chi connectivity index (χ0) is 26.2. The fourth-order valence-electron chi connectivity index (χ4n) is 5.48. The number of benzene rings is 1. The molecule has 3 aliphatic rings. The molecule has 2 atom stereocenters. The van der Waals surface area contributed by atoms with Crippen molar-refractivity contribution in [2.24, 2.45) is 21.1 Å². The van der Waals surface area contributed by atoms with Crippen LogP contribution in [0.3, 0.4) is 0 Å². The maximum atomic E-state index is 13.6. The van der Waals surface area contributed by atoms with Gasteiger partial charge in [0, 0.05) is 28.7 Å². The highest BCUT2D eigenvalue weighted by Gasteiger charge is 2.53. The summed E-state index contributed by atoms with van der Waals surface area (Å²) in [4.78, 5) is 12.7. The van der Waals surface area contributed by atoms with Gasteiger partial charge in [-0.2, -0.15) is 18.3 Å². The lowest BCUT2D eigenvalue weighted by molar-refractivity contribution is -0.118. The maximum absolute atomic E-state index is 13.6. The number of Topliss-reactive ketones (excluding diaryl/α,β-unsaturated/α-hetero) is 1. The summed E-state index contributed by atoms with van der Waals surface area (Å²) in [5.74, 6) is 0.360. The molecule has 0 fully saturated rings. The van der Waals surface area contributed by atoms with Gasteiger partial charge in [0.05, 0.1) is 10.9 Å². The lowest BCUT2D eigenvalue weighted by Crippen LogP contribution is -2.46. The van der Waals surface area contributed by atoms with E-state index in [0.29, 0.717) is 41.1 Å². The van der Waals surface area contributed by atoms with Crippen LogP contribution in [0.1, 0.15) is 66.4 Å². The Hall–Kier alpha value is -2.49. The Morgan fingerprint density at radius 3 is 2.37 bits per heavy atom. The molecule has 2 aliphatic heterocycles. The molecule has 35 heavy (non-hydrogen) atoms. The lowest BCUT2D eigenvalue weighted by Gasteiger charge is -2.45. The average Bonchev–Trinajstić information content (AvgIpc) is 3.07. The number of azo groups is 1. The van der Waals surface area contributed by atoms with Gasteiger partial charge >= 0.3 is 5.51 Å². The molecule has 4 rings (SSSR count). The van der Waals surface area contributed by atoms with Crippen LogP contribution in [-0.2, 0) is 20.0 Å². The topological polar surface area (TPSA) is 88.0 Å². The summed E-state index contributed by atoms with van der Waals surface area (Å²) in [5, 5.41) is 12.1. The Labute approximate surface area is 203 Å². The van der Waals surface area contributed by atoms with Crippen molar-refractivity contribution in [2.45, 2.75) is 82.7 Å². The Bertz CT molecular complexity index is 1300. The average molecular weight is 510 g/mol. The normalized spacial score (nSPS) is 26.5. The zero-order valence-electron chi connectivity index (χ0n) is 20.7. The quantitative estimate of drug-likeness (QED) is 0.544. The van der Waals surface area contributed by atoms with Gasteiger partial charge in [-0.05, 0) is 48.3 Å². The minimum Gasteiger partial charge on any atom is -0.342 e. The second kappa shape index (κ2) is 7.75. The van der Waals surface area contributed by atoms with E-state index in [2.05, 4.69) is 15.5 Å². The maximum Gasteiger partial charge on any atom is 0.501 e.